The Morgan fingerprint density at radius 3 is 2.62 bits per heavy atom. The number of nitrogens with zero attached hydrogens (tertiary/aromatic N) is 2. The van der Waals surface area contributed by atoms with Crippen molar-refractivity contribution in [2.45, 2.75) is 13.3 Å². The summed E-state index contributed by atoms with van der Waals surface area (Å²) < 4.78 is 46.2. The fourth-order valence-corrected chi connectivity index (χ4v) is 1.84. The highest BCUT2D eigenvalue weighted by Gasteiger charge is 2.13. The zero-order valence-corrected chi connectivity index (χ0v) is 11.6. The highest BCUT2D eigenvalue weighted by molar-refractivity contribution is 5.42. The van der Waals surface area contributed by atoms with Gasteiger partial charge in [0.15, 0.2) is 17.5 Å². The number of nitrogens with one attached hydrogen (secondary N) is 1. The molecule has 0 amide bonds. The number of imidazole rings is 1. The van der Waals surface area contributed by atoms with Crippen molar-refractivity contribution in [3.8, 4) is 5.69 Å². The standard InChI is InChI=1S/C14H16F3N3O/c1-2-21-7-3-4-18-14-19-5-6-20(14)10-8-11(15)13(17)12(16)9-10/h5-6,8-9H,2-4,7H2,1H3,(H,18,19). The average Bonchev–Trinajstić information content (AvgIpc) is 2.92. The number of benzene rings is 1. The van der Waals surface area contributed by atoms with E-state index in [-0.39, 0.29) is 5.69 Å². The van der Waals surface area contributed by atoms with Crippen LogP contribution in [-0.2, 0) is 4.74 Å². The maximum atomic E-state index is 13.3. The third kappa shape index (κ3) is 3.75. The van der Waals surface area contributed by atoms with E-state index in [0.717, 1.165) is 18.6 Å². The molecule has 0 aliphatic heterocycles. The molecule has 0 aliphatic carbocycles. The average molecular weight is 299 g/mol. The van der Waals surface area contributed by atoms with Gasteiger partial charge in [-0.15, -0.1) is 0 Å². The van der Waals surface area contributed by atoms with Crippen LogP contribution in [0.3, 0.4) is 0 Å². The molecule has 0 bridgehead atoms. The van der Waals surface area contributed by atoms with Gasteiger partial charge in [0.1, 0.15) is 0 Å². The van der Waals surface area contributed by atoms with Crippen LogP contribution in [0, 0.1) is 17.5 Å². The molecule has 2 rings (SSSR count). The molecule has 114 valence electrons. The van der Waals surface area contributed by atoms with Crippen molar-refractivity contribution in [2.75, 3.05) is 25.1 Å². The largest absolute Gasteiger partial charge is 0.382 e. The third-order valence-corrected chi connectivity index (χ3v) is 2.84. The lowest BCUT2D eigenvalue weighted by Crippen LogP contribution is -2.10. The zero-order valence-electron chi connectivity index (χ0n) is 11.6. The molecule has 0 radical (unpaired) electrons. The molecule has 4 nitrogen and oxygen atoms in total. The van der Waals surface area contributed by atoms with Crippen LogP contribution in [0.4, 0.5) is 19.1 Å². The number of rotatable bonds is 7. The molecule has 0 unspecified atom stereocenters. The van der Waals surface area contributed by atoms with Crippen LogP contribution in [0.25, 0.3) is 5.69 Å². The van der Waals surface area contributed by atoms with Crippen molar-refractivity contribution in [3.63, 3.8) is 0 Å². The third-order valence-electron chi connectivity index (χ3n) is 2.84. The molecular weight excluding hydrogens is 283 g/mol. The summed E-state index contributed by atoms with van der Waals surface area (Å²) in [6, 6.07) is 1.84. The molecule has 21 heavy (non-hydrogen) atoms. The van der Waals surface area contributed by atoms with Gasteiger partial charge in [0.25, 0.3) is 0 Å². The first kappa shape index (κ1) is 15.4. The van der Waals surface area contributed by atoms with Crippen LogP contribution in [0.1, 0.15) is 13.3 Å². The van der Waals surface area contributed by atoms with Gasteiger partial charge in [0, 0.05) is 44.3 Å². The summed E-state index contributed by atoms with van der Waals surface area (Å²) in [4.78, 5) is 4.06. The van der Waals surface area contributed by atoms with Crippen molar-refractivity contribution in [1.29, 1.82) is 0 Å². The molecule has 0 saturated heterocycles. The van der Waals surface area contributed by atoms with E-state index in [1.165, 1.54) is 17.0 Å². The maximum absolute atomic E-state index is 13.3. The van der Waals surface area contributed by atoms with Crippen molar-refractivity contribution in [1.82, 2.24) is 9.55 Å². The van der Waals surface area contributed by atoms with Gasteiger partial charge in [-0.3, -0.25) is 4.57 Å². The summed E-state index contributed by atoms with van der Waals surface area (Å²) in [5.74, 6) is -3.52. The first-order valence-electron chi connectivity index (χ1n) is 6.63. The summed E-state index contributed by atoms with van der Waals surface area (Å²) in [5, 5.41) is 3.04. The van der Waals surface area contributed by atoms with Crippen LogP contribution in [0.2, 0.25) is 0 Å². The number of hydrogen-bond donors (Lipinski definition) is 1. The molecule has 1 aromatic heterocycles. The van der Waals surface area contributed by atoms with Gasteiger partial charge >= 0.3 is 0 Å². The van der Waals surface area contributed by atoms with Crippen LogP contribution in [0.5, 0.6) is 0 Å². The highest BCUT2D eigenvalue weighted by atomic mass is 19.2. The van der Waals surface area contributed by atoms with E-state index in [1.54, 1.807) is 0 Å². The fourth-order valence-electron chi connectivity index (χ4n) is 1.84. The first-order chi connectivity index (χ1) is 10.1. The Bertz CT molecular complexity index is 578. The molecule has 0 atom stereocenters. The normalized spacial score (nSPS) is 10.9. The summed E-state index contributed by atoms with van der Waals surface area (Å²) in [7, 11) is 0. The van der Waals surface area contributed by atoms with E-state index in [4.69, 9.17) is 4.74 Å². The smallest absolute Gasteiger partial charge is 0.207 e. The number of hydrogen-bond acceptors (Lipinski definition) is 3. The van der Waals surface area contributed by atoms with Gasteiger partial charge < -0.3 is 10.1 Å². The molecule has 0 saturated carbocycles. The van der Waals surface area contributed by atoms with E-state index in [1.807, 2.05) is 6.92 Å². The Morgan fingerprint density at radius 2 is 1.95 bits per heavy atom. The molecule has 1 heterocycles. The quantitative estimate of drug-likeness (QED) is 0.630. The molecule has 0 aliphatic rings. The van der Waals surface area contributed by atoms with Crippen molar-refractivity contribution in [2.24, 2.45) is 0 Å². The van der Waals surface area contributed by atoms with Crippen LogP contribution in [-0.4, -0.2) is 29.3 Å². The summed E-state index contributed by atoms with van der Waals surface area (Å²) in [6.45, 7) is 3.79. The lowest BCUT2D eigenvalue weighted by Gasteiger charge is -2.10. The van der Waals surface area contributed by atoms with Gasteiger partial charge in [0.05, 0.1) is 5.69 Å². The van der Waals surface area contributed by atoms with Gasteiger partial charge in [-0.05, 0) is 13.3 Å². The lowest BCUT2D eigenvalue weighted by atomic mass is 10.3. The number of halogens is 3. The Morgan fingerprint density at radius 1 is 1.24 bits per heavy atom. The van der Waals surface area contributed by atoms with Gasteiger partial charge in [-0.1, -0.05) is 0 Å². The molecule has 1 N–H and O–H groups in total. The monoisotopic (exact) mass is 299 g/mol. The molecule has 7 heteroatoms. The van der Waals surface area contributed by atoms with Crippen LogP contribution >= 0.6 is 0 Å². The molecular formula is C14H16F3N3O. The van der Waals surface area contributed by atoms with Gasteiger partial charge in [-0.25, -0.2) is 18.2 Å². The minimum absolute atomic E-state index is 0.163. The van der Waals surface area contributed by atoms with Crippen molar-refractivity contribution in [3.05, 3.63) is 42.0 Å². The van der Waals surface area contributed by atoms with Crippen LogP contribution in [0.15, 0.2) is 24.5 Å². The highest BCUT2D eigenvalue weighted by Crippen LogP contribution is 2.19. The zero-order chi connectivity index (χ0) is 15.2. The number of anilines is 1. The minimum atomic E-state index is -1.48. The Balaban J connectivity index is 2.09. The molecule has 0 spiro atoms. The fraction of sp³-hybridized carbons (Fsp3) is 0.357. The summed E-state index contributed by atoms with van der Waals surface area (Å²) >= 11 is 0. The topological polar surface area (TPSA) is 39.1 Å². The van der Waals surface area contributed by atoms with Gasteiger partial charge in [0.2, 0.25) is 5.95 Å². The van der Waals surface area contributed by atoms with E-state index < -0.39 is 17.5 Å². The van der Waals surface area contributed by atoms with Crippen molar-refractivity contribution < 1.29 is 17.9 Å². The Hall–Kier alpha value is -2.02. The number of aromatic nitrogens is 2. The Labute approximate surface area is 120 Å². The second-order valence-electron chi connectivity index (χ2n) is 4.32. The van der Waals surface area contributed by atoms with E-state index in [0.29, 0.717) is 25.7 Å². The maximum Gasteiger partial charge on any atom is 0.207 e. The van der Waals surface area contributed by atoms with E-state index in [9.17, 15) is 13.2 Å². The first-order valence-corrected chi connectivity index (χ1v) is 6.63. The summed E-state index contributed by atoms with van der Waals surface area (Å²) in [5.41, 5.74) is 0.163. The van der Waals surface area contributed by atoms with E-state index >= 15 is 0 Å². The second kappa shape index (κ2) is 7.12. The van der Waals surface area contributed by atoms with Crippen LogP contribution < -0.4 is 5.32 Å². The predicted molar refractivity (Wildman–Crippen MR) is 73.0 cm³/mol. The second-order valence-corrected chi connectivity index (χ2v) is 4.32. The SMILES string of the molecule is CCOCCCNc1nccn1-c1cc(F)c(F)c(F)c1. The van der Waals surface area contributed by atoms with Crippen molar-refractivity contribution >= 4 is 5.95 Å². The molecule has 0 fully saturated rings. The summed E-state index contributed by atoms with van der Waals surface area (Å²) in [6.07, 6.45) is 3.80. The predicted octanol–water partition coefficient (Wildman–Crippen LogP) is 3.13. The molecule has 1 aromatic carbocycles. The lowest BCUT2D eigenvalue weighted by molar-refractivity contribution is 0.147. The Kier molecular flexibility index (Phi) is 5.21. The minimum Gasteiger partial charge on any atom is -0.382 e. The molecule has 2 aromatic rings. The van der Waals surface area contributed by atoms with E-state index in [2.05, 4.69) is 10.3 Å². The number of ether oxygens (including phenoxy) is 1. The van der Waals surface area contributed by atoms with Gasteiger partial charge in [-0.2, -0.15) is 0 Å².